The van der Waals surface area contributed by atoms with Gasteiger partial charge in [-0.05, 0) is 36.8 Å². The third-order valence-corrected chi connectivity index (χ3v) is 4.45. The van der Waals surface area contributed by atoms with E-state index in [4.69, 9.17) is 0 Å². The van der Waals surface area contributed by atoms with E-state index in [-0.39, 0.29) is 22.6 Å². The molecule has 1 fully saturated rings. The highest BCUT2D eigenvalue weighted by atomic mass is 16.6. The summed E-state index contributed by atoms with van der Waals surface area (Å²) in [6, 6.07) is 3.26. The number of anilines is 2. The summed E-state index contributed by atoms with van der Waals surface area (Å²) >= 11 is 0. The lowest BCUT2D eigenvalue weighted by Crippen LogP contribution is -2.37. The van der Waals surface area contributed by atoms with Gasteiger partial charge >= 0.3 is 0 Å². The van der Waals surface area contributed by atoms with Crippen LogP contribution in [-0.2, 0) is 11.2 Å². The Morgan fingerprint density at radius 2 is 2.14 bits per heavy atom. The molecule has 2 aliphatic rings. The number of rotatable bonds is 4. The van der Waals surface area contributed by atoms with Gasteiger partial charge in [0.2, 0.25) is 5.91 Å². The quantitative estimate of drug-likeness (QED) is 0.652. The standard InChI is InChI=1S/C15H19N3O4/c1-17(8-9-4-11(19)5-9)13-7-12-10(2-3-15(20)16-12)6-14(13)18(21)22/h6-7,9,11,19H,2-5,8H2,1H3,(H,16,20). The third kappa shape index (κ3) is 2.76. The number of carbonyl (C=O) groups is 1. The first-order valence-corrected chi connectivity index (χ1v) is 7.44. The van der Waals surface area contributed by atoms with E-state index < -0.39 is 0 Å². The minimum Gasteiger partial charge on any atom is -0.393 e. The fourth-order valence-electron chi connectivity index (χ4n) is 3.19. The van der Waals surface area contributed by atoms with Crippen LogP contribution in [0.4, 0.5) is 17.1 Å². The SMILES string of the molecule is CN(CC1CC(O)C1)c1cc2c(cc1[N+](=O)[O-])CCC(=O)N2. The number of hydrogen-bond donors (Lipinski definition) is 2. The Bertz CT molecular complexity index is 625. The van der Waals surface area contributed by atoms with Gasteiger partial charge in [0, 0.05) is 31.8 Å². The summed E-state index contributed by atoms with van der Waals surface area (Å²) in [6.45, 7) is 0.657. The van der Waals surface area contributed by atoms with E-state index in [1.807, 2.05) is 11.9 Å². The molecule has 2 N–H and O–H groups in total. The second kappa shape index (κ2) is 5.57. The number of hydrogen-bond acceptors (Lipinski definition) is 5. The summed E-state index contributed by atoms with van der Waals surface area (Å²) in [6.07, 6.45) is 2.12. The van der Waals surface area contributed by atoms with E-state index in [0.717, 1.165) is 18.4 Å². The molecule has 0 radical (unpaired) electrons. The van der Waals surface area contributed by atoms with Gasteiger partial charge in [-0.25, -0.2) is 0 Å². The number of aliphatic hydroxyl groups is 1. The molecule has 22 heavy (non-hydrogen) atoms. The molecule has 1 aliphatic carbocycles. The van der Waals surface area contributed by atoms with Gasteiger partial charge in [0.15, 0.2) is 0 Å². The lowest BCUT2D eigenvalue weighted by molar-refractivity contribution is -0.384. The fourth-order valence-corrected chi connectivity index (χ4v) is 3.19. The summed E-state index contributed by atoms with van der Waals surface area (Å²) in [4.78, 5) is 24.3. The van der Waals surface area contributed by atoms with Crippen molar-refractivity contribution in [1.82, 2.24) is 0 Å². The van der Waals surface area contributed by atoms with Crippen LogP contribution in [0.15, 0.2) is 12.1 Å². The highest BCUT2D eigenvalue weighted by molar-refractivity contribution is 5.95. The van der Waals surface area contributed by atoms with E-state index in [2.05, 4.69) is 5.32 Å². The Hall–Kier alpha value is -2.15. The van der Waals surface area contributed by atoms with Gasteiger partial charge in [0.25, 0.3) is 5.69 Å². The Morgan fingerprint density at radius 1 is 1.41 bits per heavy atom. The largest absolute Gasteiger partial charge is 0.393 e. The summed E-state index contributed by atoms with van der Waals surface area (Å²) in [5.74, 6) is 0.294. The molecular weight excluding hydrogens is 286 g/mol. The normalized spacial score (nSPS) is 23.3. The van der Waals surface area contributed by atoms with Gasteiger partial charge in [0.05, 0.1) is 11.0 Å². The van der Waals surface area contributed by atoms with Crippen molar-refractivity contribution in [2.75, 3.05) is 23.8 Å². The average Bonchev–Trinajstić information content (AvgIpc) is 2.43. The zero-order valence-electron chi connectivity index (χ0n) is 12.4. The lowest BCUT2D eigenvalue weighted by atomic mass is 9.82. The van der Waals surface area contributed by atoms with Gasteiger partial charge in [0.1, 0.15) is 5.69 Å². The van der Waals surface area contributed by atoms with Gasteiger partial charge in [-0.2, -0.15) is 0 Å². The van der Waals surface area contributed by atoms with E-state index in [1.54, 1.807) is 12.1 Å². The van der Waals surface area contributed by atoms with Crippen molar-refractivity contribution in [1.29, 1.82) is 0 Å². The highest BCUT2D eigenvalue weighted by Crippen LogP contribution is 2.37. The van der Waals surface area contributed by atoms with Crippen LogP contribution in [0, 0.1) is 16.0 Å². The first-order valence-electron chi connectivity index (χ1n) is 7.44. The van der Waals surface area contributed by atoms with Crippen LogP contribution in [0.3, 0.4) is 0 Å². The van der Waals surface area contributed by atoms with E-state index in [1.165, 1.54) is 0 Å². The summed E-state index contributed by atoms with van der Waals surface area (Å²) < 4.78 is 0. The summed E-state index contributed by atoms with van der Waals surface area (Å²) in [5.41, 5.74) is 2.05. The fraction of sp³-hybridized carbons (Fsp3) is 0.533. The number of nitrogens with one attached hydrogen (secondary N) is 1. The van der Waals surface area contributed by atoms with Crippen molar-refractivity contribution in [3.05, 3.63) is 27.8 Å². The molecule has 1 aliphatic heterocycles. The third-order valence-electron chi connectivity index (χ3n) is 4.45. The zero-order chi connectivity index (χ0) is 15.9. The Morgan fingerprint density at radius 3 is 2.77 bits per heavy atom. The molecule has 1 aromatic carbocycles. The maximum atomic E-state index is 11.5. The summed E-state index contributed by atoms with van der Waals surface area (Å²) in [5, 5.41) is 23.5. The van der Waals surface area contributed by atoms with Crippen molar-refractivity contribution >= 4 is 23.0 Å². The summed E-state index contributed by atoms with van der Waals surface area (Å²) in [7, 11) is 1.81. The van der Waals surface area contributed by atoms with Crippen molar-refractivity contribution in [2.45, 2.75) is 31.8 Å². The van der Waals surface area contributed by atoms with Crippen molar-refractivity contribution in [2.24, 2.45) is 5.92 Å². The minimum atomic E-state index is -0.377. The van der Waals surface area contributed by atoms with Crippen LogP contribution >= 0.6 is 0 Å². The molecule has 1 saturated carbocycles. The van der Waals surface area contributed by atoms with Gasteiger partial charge < -0.3 is 15.3 Å². The second-order valence-electron chi connectivity index (χ2n) is 6.18. The Kier molecular flexibility index (Phi) is 3.74. The number of benzene rings is 1. The molecule has 0 saturated heterocycles. The first-order chi connectivity index (χ1) is 10.4. The number of nitro benzene ring substituents is 1. The number of aryl methyl sites for hydroxylation is 1. The van der Waals surface area contributed by atoms with Gasteiger partial charge in [-0.15, -0.1) is 0 Å². The van der Waals surface area contributed by atoms with Gasteiger partial charge in [-0.1, -0.05) is 0 Å². The van der Waals surface area contributed by atoms with Crippen molar-refractivity contribution in [3.63, 3.8) is 0 Å². The molecule has 7 heteroatoms. The lowest BCUT2D eigenvalue weighted by Gasteiger charge is -2.35. The molecule has 3 rings (SSSR count). The molecule has 7 nitrogen and oxygen atoms in total. The maximum Gasteiger partial charge on any atom is 0.292 e. The molecule has 0 aromatic heterocycles. The van der Waals surface area contributed by atoms with Crippen molar-refractivity contribution < 1.29 is 14.8 Å². The number of carbonyl (C=O) groups excluding carboxylic acids is 1. The first kappa shape index (κ1) is 14.8. The van der Waals surface area contributed by atoms with E-state index in [0.29, 0.717) is 36.7 Å². The molecule has 0 unspecified atom stereocenters. The molecule has 118 valence electrons. The van der Waals surface area contributed by atoms with Crippen LogP contribution in [0.2, 0.25) is 0 Å². The monoisotopic (exact) mass is 305 g/mol. The maximum absolute atomic E-state index is 11.5. The molecule has 0 atom stereocenters. The average molecular weight is 305 g/mol. The molecule has 0 bridgehead atoms. The molecule has 1 heterocycles. The Balaban J connectivity index is 1.89. The van der Waals surface area contributed by atoms with Crippen LogP contribution in [0.5, 0.6) is 0 Å². The Labute approximate surface area is 128 Å². The van der Waals surface area contributed by atoms with E-state index >= 15 is 0 Å². The number of aliphatic hydroxyl groups excluding tert-OH is 1. The molecule has 0 spiro atoms. The highest BCUT2D eigenvalue weighted by Gasteiger charge is 2.30. The van der Waals surface area contributed by atoms with Crippen molar-refractivity contribution in [3.8, 4) is 0 Å². The second-order valence-corrected chi connectivity index (χ2v) is 6.18. The molecular formula is C15H19N3O4. The number of nitro groups is 1. The van der Waals surface area contributed by atoms with Crippen LogP contribution in [-0.4, -0.2) is 35.6 Å². The zero-order valence-corrected chi connectivity index (χ0v) is 12.4. The minimum absolute atomic E-state index is 0.0583. The molecule has 1 aromatic rings. The topological polar surface area (TPSA) is 95.7 Å². The van der Waals surface area contributed by atoms with Gasteiger partial charge in [-0.3, -0.25) is 14.9 Å². The van der Waals surface area contributed by atoms with Crippen LogP contribution < -0.4 is 10.2 Å². The van der Waals surface area contributed by atoms with Crippen LogP contribution in [0.25, 0.3) is 0 Å². The number of amides is 1. The molecule has 1 amide bonds. The predicted octanol–water partition coefficient (Wildman–Crippen LogP) is 1.69. The number of fused-ring (bicyclic) bond motifs is 1. The smallest absolute Gasteiger partial charge is 0.292 e. The van der Waals surface area contributed by atoms with E-state index in [9.17, 15) is 20.0 Å². The number of nitrogens with zero attached hydrogens (tertiary/aromatic N) is 2. The predicted molar refractivity (Wildman–Crippen MR) is 82.0 cm³/mol. The van der Waals surface area contributed by atoms with Crippen LogP contribution in [0.1, 0.15) is 24.8 Å².